The third-order valence-electron chi connectivity index (χ3n) is 2.41. The van der Waals surface area contributed by atoms with Gasteiger partial charge in [-0.15, -0.1) is 0 Å². The van der Waals surface area contributed by atoms with Crippen molar-refractivity contribution < 1.29 is 8.42 Å². The second kappa shape index (κ2) is 5.85. The molecular formula is C11H8BrCl2N3O2S. The molecule has 9 heteroatoms. The van der Waals surface area contributed by atoms with Gasteiger partial charge in [-0.05, 0) is 40.5 Å². The van der Waals surface area contributed by atoms with Crippen molar-refractivity contribution >= 4 is 54.8 Å². The van der Waals surface area contributed by atoms with E-state index in [2.05, 4.69) is 30.6 Å². The van der Waals surface area contributed by atoms with Gasteiger partial charge >= 0.3 is 0 Å². The van der Waals surface area contributed by atoms with Crippen molar-refractivity contribution in [3.8, 4) is 0 Å². The first kappa shape index (κ1) is 15.5. The summed E-state index contributed by atoms with van der Waals surface area (Å²) in [4.78, 5) is 7.48. The van der Waals surface area contributed by atoms with Crippen LogP contribution in [0.2, 0.25) is 10.3 Å². The first-order chi connectivity index (χ1) is 9.31. The van der Waals surface area contributed by atoms with E-state index in [1.165, 1.54) is 18.5 Å². The molecule has 1 N–H and O–H groups in total. The highest BCUT2D eigenvalue weighted by Gasteiger charge is 2.21. The lowest BCUT2D eigenvalue weighted by molar-refractivity contribution is 0.600. The van der Waals surface area contributed by atoms with Gasteiger partial charge in [-0.25, -0.2) is 18.4 Å². The van der Waals surface area contributed by atoms with Gasteiger partial charge in [0, 0.05) is 16.9 Å². The summed E-state index contributed by atoms with van der Waals surface area (Å²) in [5, 5.41) is -0.0639. The number of nitrogens with zero attached hydrogens (tertiary/aromatic N) is 2. The lowest BCUT2D eigenvalue weighted by Gasteiger charge is -2.12. The molecule has 0 amide bonds. The molecule has 0 atom stereocenters. The molecule has 2 aromatic rings. The SMILES string of the molecule is Cc1ccnc(Cl)c1NS(=O)(=O)c1cc(Br)cnc1Cl. The summed E-state index contributed by atoms with van der Waals surface area (Å²) in [6.45, 7) is 1.71. The summed E-state index contributed by atoms with van der Waals surface area (Å²) in [6.07, 6.45) is 2.90. The van der Waals surface area contributed by atoms with E-state index in [0.29, 0.717) is 10.0 Å². The van der Waals surface area contributed by atoms with Crippen molar-refractivity contribution in [2.45, 2.75) is 11.8 Å². The molecule has 0 aliphatic heterocycles. The third kappa shape index (κ3) is 3.22. The Morgan fingerprint density at radius 2 is 1.95 bits per heavy atom. The number of hydrogen-bond donors (Lipinski definition) is 1. The molecule has 2 aromatic heterocycles. The van der Waals surface area contributed by atoms with Crippen LogP contribution in [0.1, 0.15) is 5.56 Å². The maximum atomic E-state index is 12.3. The Balaban J connectivity index is 2.49. The Morgan fingerprint density at radius 3 is 2.60 bits per heavy atom. The maximum Gasteiger partial charge on any atom is 0.265 e. The number of rotatable bonds is 3. The summed E-state index contributed by atoms with van der Waals surface area (Å²) >= 11 is 14.9. The second-order valence-corrected chi connectivity index (χ2v) is 7.12. The van der Waals surface area contributed by atoms with Crippen molar-refractivity contribution in [3.05, 3.63) is 44.9 Å². The fraction of sp³-hybridized carbons (Fsp3) is 0.0909. The number of hydrogen-bond acceptors (Lipinski definition) is 4. The monoisotopic (exact) mass is 395 g/mol. The van der Waals surface area contributed by atoms with Crippen molar-refractivity contribution in [1.82, 2.24) is 9.97 Å². The minimum absolute atomic E-state index is 0.0626. The molecule has 0 fully saturated rings. The van der Waals surface area contributed by atoms with Crippen molar-refractivity contribution in [1.29, 1.82) is 0 Å². The predicted octanol–water partition coefficient (Wildman–Crippen LogP) is 3.66. The van der Waals surface area contributed by atoms with Crippen LogP contribution in [0.3, 0.4) is 0 Å². The van der Waals surface area contributed by atoms with E-state index in [9.17, 15) is 8.42 Å². The lowest BCUT2D eigenvalue weighted by atomic mass is 10.3. The summed E-state index contributed by atoms with van der Waals surface area (Å²) in [5.41, 5.74) is 0.859. The Bertz CT molecular complexity index is 748. The highest BCUT2D eigenvalue weighted by atomic mass is 79.9. The normalized spacial score (nSPS) is 11.4. The van der Waals surface area contributed by atoms with Crippen LogP contribution >= 0.6 is 39.1 Å². The molecule has 0 saturated heterocycles. The Morgan fingerprint density at radius 1 is 1.25 bits per heavy atom. The molecule has 0 spiro atoms. The first-order valence-corrected chi connectivity index (χ1v) is 8.29. The van der Waals surface area contributed by atoms with E-state index in [1.807, 2.05) is 0 Å². The van der Waals surface area contributed by atoms with Crippen LogP contribution in [-0.4, -0.2) is 18.4 Å². The molecule has 0 radical (unpaired) electrons. The molecule has 5 nitrogen and oxygen atoms in total. The van der Waals surface area contributed by atoms with Crippen LogP contribution in [0.15, 0.2) is 33.9 Å². The zero-order valence-corrected chi connectivity index (χ0v) is 14.0. The van der Waals surface area contributed by atoms with Gasteiger partial charge in [-0.2, -0.15) is 0 Å². The van der Waals surface area contributed by atoms with Gasteiger partial charge < -0.3 is 0 Å². The van der Waals surface area contributed by atoms with Gasteiger partial charge in [-0.3, -0.25) is 4.72 Å². The summed E-state index contributed by atoms with van der Waals surface area (Å²) in [5.74, 6) is 0. The van der Waals surface area contributed by atoms with E-state index < -0.39 is 10.0 Å². The standard InChI is InChI=1S/C11H8BrCl2N3O2S/c1-6-2-3-15-11(14)9(6)17-20(18,19)8-4-7(12)5-16-10(8)13/h2-5,17H,1H3. The van der Waals surface area contributed by atoms with Gasteiger partial charge in [0.15, 0.2) is 5.15 Å². The molecule has 0 aromatic carbocycles. The molecule has 106 valence electrons. The molecule has 0 bridgehead atoms. The fourth-order valence-corrected chi connectivity index (χ4v) is 3.82. The quantitative estimate of drug-likeness (QED) is 0.803. The van der Waals surface area contributed by atoms with Crippen LogP contribution in [-0.2, 0) is 10.0 Å². The number of halogens is 3. The van der Waals surface area contributed by atoms with Crippen LogP contribution in [0, 0.1) is 6.92 Å². The molecule has 20 heavy (non-hydrogen) atoms. The molecule has 2 heterocycles. The van der Waals surface area contributed by atoms with Gasteiger partial charge in [0.05, 0.1) is 5.69 Å². The van der Waals surface area contributed by atoms with Crippen LogP contribution < -0.4 is 4.72 Å². The third-order valence-corrected chi connectivity index (χ3v) is 4.91. The molecule has 0 unspecified atom stereocenters. The van der Waals surface area contributed by atoms with Crippen molar-refractivity contribution in [2.24, 2.45) is 0 Å². The van der Waals surface area contributed by atoms with Crippen LogP contribution in [0.5, 0.6) is 0 Å². The topological polar surface area (TPSA) is 72.0 Å². The molecule has 0 aliphatic rings. The van der Waals surface area contributed by atoms with Gasteiger partial charge in [0.2, 0.25) is 0 Å². The first-order valence-electron chi connectivity index (χ1n) is 5.26. The zero-order valence-electron chi connectivity index (χ0n) is 10.1. The number of aromatic nitrogens is 2. The highest BCUT2D eigenvalue weighted by molar-refractivity contribution is 9.10. The Labute approximate surface area is 134 Å². The van der Waals surface area contributed by atoms with E-state index in [0.717, 1.165) is 0 Å². The summed E-state index contributed by atoms with van der Waals surface area (Å²) in [6, 6.07) is 3.00. The average Bonchev–Trinajstić information content (AvgIpc) is 2.37. The molecule has 2 rings (SSSR count). The molecule has 0 saturated carbocycles. The highest BCUT2D eigenvalue weighted by Crippen LogP contribution is 2.29. The molecule has 0 aliphatic carbocycles. The van der Waals surface area contributed by atoms with E-state index >= 15 is 0 Å². The smallest absolute Gasteiger partial charge is 0.265 e. The van der Waals surface area contributed by atoms with E-state index in [4.69, 9.17) is 23.2 Å². The van der Waals surface area contributed by atoms with Crippen molar-refractivity contribution in [2.75, 3.05) is 4.72 Å². The largest absolute Gasteiger partial charge is 0.276 e. The van der Waals surface area contributed by atoms with Crippen molar-refractivity contribution in [3.63, 3.8) is 0 Å². The van der Waals surface area contributed by atoms with Gasteiger partial charge in [0.1, 0.15) is 10.0 Å². The lowest BCUT2D eigenvalue weighted by Crippen LogP contribution is -2.15. The zero-order chi connectivity index (χ0) is 14.9. The predicted molar refractivity (Wildman–Crippen MR) is 81.7 cm³/mol. The number of nitrogens with one attached hydrogen (secondary N) is 1. The maximum absolute atomic E-state index is 12.3. The van der Waals surface area contributed by atoms with Crippen LogP contribution in [0.4, 0.5) is 5.69 Å². The van der Waals surface area contributed by atoms with E-state index in [-0.39, 0.29) is 20.9 Å². The Kier molecular flexibility index (Phi) is 4.53. The summed E-state index contributed by atoms with van der Waals surface area (Å²) < 4.78 is 27.5. The van der Waals surface area contributed by atoms with Crippen LogP contribution in [0.25, 0.3) is 0 Å². The van der Waals surface area contributed by atoms with E-state index in [1.54, 1.807) is 13.0 Å². The average molecular weight is 397 g/mol. The fourth-order valence-electron chi connectivity index (χ4n) is 1.43. The number of aryl methyl sites for hydroxylation is 1. The summed E-state index contributed by atoms with van der Waals surface area (Å²) in [7, 11) is -3.91. The number of sulfonamides is 1. The van der Waals surface area contributed by atoms with Gasteiger partial charge in [-0.1, -0.05) is 23.2 Å². The number of pyridine rings is 2. The number of anilines is 1. The minimum atomic E-state index is -3.91. The minimum Gasteiger partial charge on any atom is -0.276 e. The van der Waals surface area contributed by atoms with Gasteiger partial charge in [0.25, 0.3) is 10.0 Å². The Hall–Kier alpha value is -0.890. The molecular weight excluding hydrogens is 389 g/mol. The second-order valence-electron chi connectivity index (χ2n) is 3.84.